The van der Waals surface area contributed by atoms with Gasteiger partial charge in [0.1, 0.15) is 22.9 Å². The van der Waals surface area contributed by atoms with Gasteiger partial charge in [-0.25, -0.2) is 17.8 Å². The van der Waals surface area contributed by atoms with E-state index in [2.05, 4.69) is 25.3 Å². The van der Waals surface area contributed by atoms with E-state index in [1.807, 2.05) is 4.90 Å². The average molecular weight is 588 g/mol. The summed E-state index contributed by atoms with van der Waals surface area (Å²) in [6, 6.07) is 9.71. The van der Waals surface area contributed by atoms with E-state index in [-0.39, 0.29) is 46.3 Å². The summed E-state index contributed by atoms with van der Waals surface area (Å²) in [6.07, 6.45) is 8.31. The zero-order valence-electron chi connectivity index (χ0n) is 22.5. The van der Waals surface area contributed by atoms with Crippen molar-refractivity contribution in [2.24, 2.45) is 0 Å². The van der Waals surface area contributed by atoms with Crippen LogP contribution < -0.4 is 5.73 Å². The molecule has 0 aliphatic carbocycles. The summed E-state index contributed by atoms with van der Waals surface area (Å²) in [5.74, 6) is -0.669. The molecule has 12 nitrogen and oxygen atoms in total. The second-order valence-corrected chi connectivity index (χ2v) is 12.7. The van der Waals surface area contributed by atoms with Gasteiger partial charge in [0, 0.05) is 47.1 Å². The largest absolute Gasteiger partial charge is 0.382 e. The van der Waals surface area contributed by atoms with Gasteiger partial charge in [0.15, 0.2) is 15.5 Å². The number of anilines is 1. The zero-order valence-corrected chi connectivity index (χ0v) is 23.3. The number of fused-ring (bicyclic) bond motifs is 3. The van der Waals surface area contributed by atoms with Crippen LogP contribution >= 0.6 is 0 Å². The van der Waals surface area contributed by atoms with Gasteiger partial charge in [-0.05, 0) is 43.9 Å². The Kier molecular flexibility index (Phi) is 6.04. The van der Waals surface area contributed by atoms with Gasteiger partial charge in [-0.1, -0.05) is 18.2 Å². The number of hydrogen-bond donors (Lipinski definition) is 2. The van der Waals surface area contributed by atoms with Crippen LogP contribution in [0.5, 0.6) is 0 Å². The van der Waals surface area contributed by atoms with Crippen molar-refractivity contribution in [1.29, 1.82) is 0 Å². The number of nitrogens with zero attached hydrogens (tertiary/aromatic N) is 7. The summed E-state index contributed by atoms with van der Waals surface area (Å²) in [4.78, 5) is 27.1. The Morgan fingerprint density at radius 1 is 1.07 bits per heavy atom. The van der Waals surface area contributed by atoms with Crippen LogP contribution in [0.1, 0.15) is 47.9 Å². The predicted molar refractivity (Wildman–Crippen MR) is 150 cm³/mol. The summed E-state index contributed by atoms with van der Waals surface area (Å²) < 4.78 is 41.7. The molecule has 1 amide bonds. The fourth-order valence-electron chi connectivity index (χ4n) is 6.42. The molecule has 2 atom stereocenters. The number of nitrogens with one attached hydrogen (secondary N) is 1. The monoisotopic (exact) mass is 587 g/mol. The summed E-state index contributed by atoms with van der Waals surface area (Å²) >= 11 is 0. The number of piperidine rings is 1. The highest BCUT2D eigenvalue weighted by Crippen LogP contribution is 2.45. The van der Waals surface area contributed by atoms with Gasteiger partial charge in [0.05, 0.1) is 17.6 Å². The van der Waals surface area contributed by atoms with Gasteiger partial charge < -0.3 is 15.6 Å². The molecule has 5 aromatic rings. The summed E-state index contributed by atoms with van der Waals surface area (Å²) in [6.45, 7) is 0. The number of amides is 1. The number of carbonyl (C=O) groups is 1. The SMILES string of the molecule is CS(=O)(=O)c1c(C2CC3CCC(C2)N3C(=O)c2nnc[nH]2)nc2c(-c3ccc(-c4ccccc4F)nc3)cnn2c1N. The molecule has 2 bridgehead atoms. The second kappa shape index (κ2) is 9.69. The molecule has 2 aliphatic heterocycles. The number of aromatic amines is 1. The van der Waals surface area contributed by atoms with Crippen LogP contribution in [0.4, 0.5) is 10.2 Å². The number of carbonyl (C=O) groups excluding carboxylic acids is 1. The van der Waals surface area contributed by atoms with Crippen LogP contribution in [0.25, 0.3) is 28.0 Å². The first-order chi connectivity index (χ1) is 20.2. The Bertz CT molecular complexity index is 1930. The minimum atomic E-state index is -3.78. The first-order valence-electron chi connectivity index (χ1n) is 13.5. The Morgan fingerprint density at radius 2 is 1.83 bits per heavy atom. The van der Waals surface area contributed by atoms with Gasteiger partial charge in [-0.2, -0.15) is 9.61 Å². The van der Waals surface area contributed by atoms with Crippen LogP contribution in [-0.2, 0) is 9.84 Å². The Labute approximate surface area is 239 Å². The third-order valence-electron chi connectivity index (χ3n) is 8.23. The van der Waals surface area contributed by atoms with Gasteiger partial charge in [-0.15, -0.1) is 10.2 Å². The average Bonchev–Trinajstić information content (AvgIpc) is 3.71. The van der Waals surface area contributed by atoms with Crippen LogP contribution in [0.3, 0.4) is 0 Å². The number of H-pyrrole nitrogens is 1. The molecule has 0 saturated carbocycles. The number of hydrogen-bond acceptors (Lipinski definition) is 9. The Morgan fingerprint density at radius 3 is 2.48 bits per heavy atom. The number of rotatable bonds is 5. The van der Waals surface area contributed by atoms with Gasteiger partial charge in [0.2, 0.25) is 5.82 Å². The van der Waals surface area contributed by atoms with Crippen LogP contribution in [-0.4, -0.2) is 72.3 Å². The molecule has 2 unspecified atom stereocenters. The predicted octanol–water partition coefficient (Wildman–Crippen LogP) is 3.25. The molecule has 0 radical (unpaired) electrons. The molecule has 6 heterocycles. The molecule has 42 heavy (non-hydrogen) atoms. The molecule has 214 valence electrons. The number of halogens is 1. The van der Waals surface area contributed by atoms with E-state index in [0.29, 0.717) is 46.6 Å². The van der Waals surface area contributed by atoms with Crippen molar-refractivity contribution in [2.75, 3.05) is 12.0 Å². The first kappa shape index (κ1) is 26.2. The molecule has 2 aliphatic rings. The van der Waals surface area contributed by atoms with Crippen molar-refractivity contribution < 1.29 is 17.6 Å². The minimum absolute atomic E-state index is 0.0211. The number of nitrogen functional groups attached to an aromatic ring is 1. The van der Waals surface area contributed by atoms with Crippen molar-refractivity contribution in [2.45, 2.75) is 48.6 Å². The minimum Gasteiger partial charge on any atom is -0.382 e. The molecule has 3 N–H and O–H groups in total. The fourth-order valence-corrected chi connectivity index (χ4v) is 7.48. The molecule has 2 fully saturated rings. The van der Waals surface area contributed by atoms with Crippen molar-refractivity contribution in [3.05, 3.63) is 72.5 Å². The van der Waals surface area contributed by atoms with E-state index in [1.165, 1.54) is 16.9 Å². The lowest BCUT2D eigenvalue weighted by Crippen LogP contribution is -2.46. The third-order valence-corrected chi connectivity index (χ3v) is 9.39. The van der Waals surface area contributed by atoms with Crippen molar-refractivity contribution >= 4 is 27.2 Å². The van der Waals surface area contributed by atoms with Gasteiger partial charge in [-0.3, -0.25) is 9.78 Å². The summed E-state index contributed by atoms with van der Waals surface area (Å²) in [5.41, 5.74) is 9.39. The van der Waals surface area contributed by atoms with E-state index in [1.54, 1.807) is 42.7 Å². The molecular formula is C28H26FN9O3S. The quantitative estimate of drug-likeness (QED) is 0.314. The van der Waals surface area contributed by atoms with Crippen molar-refractivity contribution in [3.8, 4) is 22.4 Å². The van der Waals surface area contributed by atoms with Crippen molar-refractivity contribution in [3.63, 3.8) is 0 Å². The van der Waals surface area contributed by atoms with Crippen LogP contribution in [0, 0.1) is 5.82 Å². The first-order valence-corrected chi connectivity index (χ1v) is 15.4. The number of pyridine rings is 1. The maximum absolute atomic E-state index is 14.3. The lowest BCUT2D eigenvalue weighted by Gasteiger charge is -2.38. The second-order valence-electron chi connectivity index (χ2n) is 10.8. The highest BCUT2D eigenvalue weighted by Gasteiger charge is 2.46. The summed E-state index contributed by atoms with van der Waals surface area (Å²) in [7, 11) is -3.78. The number of benzene rings is 1. The maximum Gasteiger partial charge on any atom is 0.292 e. The molecule has 0 spiro atoms. The smallest absolute Gasteiger partial charge is 0.292 e. The molecule has 1 aromatic carbocycles. The van der Waals surface area contributed by atoms with E-state index < -0.39 is 9.84 Å². The van der Waals surface area contributed by atoms with Crippen LogP contribution in [0.2, 0.25) is 0 Å². The molecule has 14 heteroatoms. The fraction of sp³-hybridized carbons (Fsp3) is 0.286. The lowest BCUT2D eigenvalue weighted by molar-refractivity contribution is 0.0556. The number of sulfone groups is 1. The highest BCUT2D eigenvalue weighted by atomic mass is 32.2. The van der Waals surface area contributed by atoms with E-state index >= 15 is 0 Å². The van der Waals surface area contributed by atoms with Gasteiger partial charge >= 0.3 is 0 Å². The van der Waals surface area contributed by atoms with E-state index in [4.69, 9.17) is 10.7 Å². The zero-order chi connectivity index (χ0) is 29.2. The standard InChI is InChI=1S/C28H26FN9O3S/c1-42(40,41)24-23(16-10-17-7-8-18(11-16)37(17)28(39)26-32-14-33-36-26)35-27-20(13-34-38(27)25(24)30)15-6-9-22(31-12-15)19-4-2-3-5-21(19)29/h2-6,9,12-14,16-18H,7-8,10-11,30H2,1H3,(H,32,33,36). The number of nitrogens with two attached hydrogens (primary N) is 1. The normalized spacial score (nSPS) is 20.3. The Balaban J connectivity index is 1.28. The molecule has 7 rings (SSSR count). The number of aromatic nitrogens is 7. The molecule has 4 aromatic heterocycles. The highest BCUT2D eigenvalue weighted by molar-refractivity contribution is 7.91. The van der Waals surface area contributed by atoms with Crippen LogP contribution in [0.15, 0.2) is 60.0 Å². The molecule has 2 saturated heterocycles. The Hall–Kier alpha value is -4.72. The molecular weight excluding hydrogens is 561 g/mol. The summed E-state index contributed by atoms with van der Waals surface area (Å²) in [5, 5.41) is 12.0. The van der Waals surface area contributed by atoms with Crippen molar-refractivity contribution in [1.82, 2.24) is 39.7 Å². The van der Waals surface area contributed by atoms with Gasteiger partial charge in [0.25, 0.3) is 5.91 Å². The lowest BCUT2D eigenvalue weighted by atomic mass is 9.87. The topological polar surface area (TPSA) is 165 Å². The van der Waals surface area contributed by atoms with E-state index in [9.17, 15) is 17.6 Å². The maximum atomic E-state index is 14.3. The third kappa shape index (κ3) is 4.21. The van der Waals surface area contributed by atoms with E-state index in [0.717, 1.165) is 19.1 Å².